The third-order valence-corrected chi connectivity index (χ3v) is 4.83. The molecule has 0 aromatic heterocycles. The molecule has 0 radical (unpaired) electrons. The van der Waals surface area contributed by atoms with Crippen molar-refractivity contribution in [1.82, 2.24) is 10.2 Å². The van der Waals surface area contributed by atoms with Gasteiger partial charge in [-0.1, -0.05) is 21.9 Å². The summed E-state index contributed by atoms with van der Waals surface area (Å²) in [5, 5.41) is 3.58. The van der Waals surface area contributed by atoms with Crippen molar-refractivity contribution in [2.45, 2.75) is 31.3 Å². The summed E-state index contributed by atoms with van der Waals surface area (Å²) in [5.41, 5.74) is 1.46. The smallest absolute Gasteiger partial charge is 0.148 e. The van der Waals surface area contributed by atoms with E-state index in [1.807, 2.05) is 12.1 Å². The minimum Gasteiger partial charge on any atom is -0.481 e. The molecule has 114 valence electrons. The Kier molecular flexibility index (Phi) is 5.69. The number of rotatable bonds is 7. The zero-order chi connectivity index (χ0) is 15.3. The summed E-state index contributed by atoms with van der Waals surface area (Å²) in [7, 11) is 4.34. The van der Waals surface area contributed by atoms with E-state index in [0.717, 1.165) is 28.9 Å². The molecule has 1 aliphatic carbocycles. The monoisotopic (exact) mass is 350 g/mol. The molecular formula is C17H23BrN2O. The third-order valence-electron chi connectivity index (χ3n) is 4.34. The van der Waals surface area contributed by atoms with Gasteiger partial charge in [-0.05, 0) is 51.6 Å². The fraction of sp³-hybridized carbons (Fsp3) is 0.529. The van der Waals surface area contributed by atoms with Gasteiger partial charge in [-0.3, -0.25) is 0 Å². The molecule has 2 rings (SSSR count). The van der Waals surface area contributed by atoms with Gasteiger partial charge in [-0.2, -0.15) is 0 Å². The average molecular weight is 351 g/mol. The Balaban J connectivity index is 1.96. The van der Waals surface area contributed by atoms with Crippen LogP contribution in [0.1, 0.15) is 24.8 Å². The Labute approximate surface area is 136 Å². The molecule has 0 atom stereocenters. The number of hydrogen-bond acceptors (Lipinski definition) is 3. The van der Waals surface area contributed by atoms with Gasteiger partial charge in [-0.15, -0.1) is 6.42 Å². The van der Waals surface area contributed by atoms with Crippen LogP contribution in [0.3, 0.4) is 0 Å². The molecule has 0 unspecified atom stereocenters. The summed E-state index contributed by atoms with van der Waals surface area (Å²) in [6.45, 7) is 2.09. The lowest BCUT2D eigenvalue weighted by Gasteiger charge is -2.47. The van der Waals surface area contributed by atoms with E-state index in [1.54, 1.807) is 0 Å². The average Bonchev–Trinajstić information content (AvgIpc) is 2.40. The molecule has 0 saturated heterocycles. The van der Waals surface area contributed by atoms with Crippen LogP contribution in [0.2, 0.25) is 0 Å². The van der Waals surface area contributed by atoms with Crippen molar-refractivity contribution >= 4 is 15.9 Å². The van der Waals surface area contributed by atoms with Gasteiger partial charge < -0.3 is 15.0 Å². The van der Waals surface area contributed by atoms with E-state index in [0.29, 0.717) is 12.1 Å². The highest BCUT2D eigenvalue weighted by Gasteiger charge is 2.38. The lowest BCUT2D eigenvalue weighted by molar-refractivity contribution is 0.0597. The first-order valence-corrected chi connectivity index (χ1v) is 8.09. The number of ether oxygens (including phenoxy) is 1. The Morgan fingerprint density at radius 3 is 2.76 bits per heavy atom. The Hall–Kier alpha value is -1.02. The van der Waals surface area contributed by atoms with Crippen LogP contribution >= 0.6 is 15.9 Å². The lowest BCUT2D eigenvalue weighted by Crippen LogP contribution is -2.56. The fourth-order valence-electron chi connectivity index (χ4n) is 2.74. The van der Waals surface area contributed by atoms with Gasteiger partial charge in [0.05, 0.1) is 0 Å². The van der Waals surface area contributed by atoms with Gasteiger partial charge in [0.15, 0.2) is 0 Å². The van der Waals surface area contributed by atoms with Crippen LogP contribution in [-0.2, 0) is 6.54 Å². The minimum atomic E-state index is 0.302. The fourth-order valence-corrected chi connectivity index (χ4v) is 3.15. The maximum atomic E-state index is 5.60. The zero-order valence-electron chi connectivity index (χ0n) is 12.8. The van der Waals surface area contributed by atoms with Gasteiger partial charge in [0.2, 0.25) is 0 Å². The summed E-state index contributed by atoms with van der Waals surface area (Å²) in [6, 6.07) is 6.02. The van der Waals surface area contributed by atoms with Crippen molar-refractivity contribution in [1.29, 1.82) is 0 Å². The quantitative estimate of drug-likeness (QED) is 0.765. The highest BCUT2D eigenvalue weighted by atomic mass is 79.9. The number of nitrogens with zero attached hydrogens (tertiary/aromatic N) is 1. The van der Waals surface area contributed by atoms with Crippen molar-refractivity contribution in [2.24, 2.45) is 0 Å². The molecule has 4 heteroatoms. The maximum absolute atomic E-state index is 5.60. The molecule has 1 aliphatic rings. The third kappa shape index (κ3) is 4.00. The molecule has 0 aliphatic heterocycles. The number of benzene rings is 1. The molecule has 1 N–H and O–H groups in total. The van der Waals surface area contributed by atoms with Crippen molar-refractivity contribution in [3.8, 4) is 18.1 Å². The van der Waals surface area contributed by atoms with E-state index >= 15 is 0 Å². The maximum Gasteiger partial charge on any atom is 0.148 e. The predicted octanol–water partition coefficient (Wildman–Crippen LogP) is 3.04. The van der Waals surface area contributed by atoms with E-state index < -0.39 is 0 Å². The highest BCUT2D eigenvalue weighted by molar-refractivity contribution is 9.10. The zero-order valence-corrected chi connectivity index (χ0v) is 14.4. The van der Waals surface area contributed by atoms with Gasteiger partial charge in [0.1, 0.15) is 12.4 Å². The van der Waals surface area contributed by atoms with E-state index in [1.165, 1.54) is 19.3 Å². The van der Waals surface area contributed by atoms with Crippen molar-refractivity contribution in [3.05, 3.63) is 28.2 Å². The number of terminal acetylenes is 1. The van der Waals surface area contributed by atoms with E-state index in [2.05, 4.69) is 52.2 Å². The molecule has 0 amide bonds. The summed E-state index contributed by atoms with van der Waals surface area (Å²) in [5.74, 6) is 3.37. The van der Waals surface area contributed by atoms with Crippen LogP contribution in [0, 0.1) is 12.3 Å². The predicted molar refractivity (Wildman–Crippen MR) is 90.4 cm³/mol. The van der Waals surface area contributed by atoms with Gasteiger partial charge in [0.25, 0.3) is 0 Å². The van der Waals surface area contributed by atoms with Crippen molar-refractivity contribution < 1.29 is 4.74 Å². The van der Waals surface area contributed by atoms with E-state index in [-0.39, 0.29) is 0 Å². The largest absolute Gasteiger partial charge is 0.481 e. The summed E-state index contributed by atoms with van der Waals surface area (Å²) in [6.07, 6.45) is 9.13. The van der Waals surface area contributed by atoms with Crippen LogP contribution in [0.15, 0.2) is 22.7 Å². The van der Waals surface area contributed by atoms with E-state index in [9.17, 15) is 0 Å². The standard InChI is InChI=1S/C17H23BrN2O/c1-4-10-21-16-7-6-15(18)11-14(16)12-19-13-17(20(2)3)8-5-9-17/h1,6-7,11,19H,5,8-10,12-13H2,2-3H3. The minimum absolute atomic E-state index is 0.302. The molecule has 1 aromatic carbocycles. The molecular weight excluding hydrogens is 328 g/mol. The van der Waals surface area contributed by atoms with Gasteiger partial charge in [0, 0.05) is 28.7 Å². The van der Waals surface area contributed by atoms with Crippen LogP contribution in [0.25, 0.3) is 0 Å². The second-order valence-electron chi connectivity index (χ2n) is 5.82. The number of likely N-dealkylation sites (N-methyl/N-ethyl adjacent to an activating group) is 1. The number of nitrogens with one attached hydrogen (secondary N) is 1. The van der Waals surface area contributed by atoms with Crippen LogP contribution in [0.5, 0.6) is 5.75 Å². The van der Waals surface area contributed by atoms with Gasteiger partial charge in [-0.25, -0.2) is 0 Å². The molecule has 0 bridgehead atoms. The Morgan fingerprint density at radius 2 is 2.19 bits per heavy atom. The summed E-state index contributed by atoms with van der Waals surface area (Å²) >= 11 is 3.51. The number of halogens is 1. The SMILES string of the molecule is C#CCOc1ccc(Br)cc1CNCC1(N(C)C)CCC1. The first kappa shape index (κ1) is 16.4. The molecule has 1 aromatic rings. The Morgan fingerprint density at radius 1 is 1.43 bits per heavy atom. The molecule has 0 heterocycles. The van der Waals surface area contributed by atoms with Crippen LogP contribution < -0.4 is 10.1 Å². The normalized spacial score (nSPS) is 16.3. The Bertz CT molecular complexity index is 518. The second-order valence-corrected chi connectivity index (χ2v) is 6.74. The first-order chi connectivity index (χ1) is 10.1. The molecule has 21 heavy (non-hydrogen) atoms. The number of hydrogen-bond donors (Lipinski definition) is 1. The first-order valence-electron chi connectivity index (χ1n) is 7.30. The molecule has 3 nitrogen and oxygen atoms in total. The highest BCUT2D eigenvalue weighted by Crippen LogP contribution is 2.35. The summed E-state index contributed by atoms with van der Waals surface area (Å²) < 4.78 is 6.66. The van der Waals surface area contributed by atoms with Crippen molar-refractivity contribution in [3.63, 3.8) is 0 Å². The topological polar surface area (TPSA) is 24.5 Å². The lowest BCUT2D eigenvalue weighted by atomic mass is 9.75. The van der Waals surface area contributed by atoms with E-state index in [4.69, 9.17) is 11.2 Å². The molecule has 1 fully saturated rings. The van der Waals surface area contributed by atoms with Crippen LogP contribution in [0.4, 0.5) is 0 Å². The second kappa shape index (κ2) is 7.31. The van der Waals surface area contributed by atoms with Crippen LogP contribution in [-0.4, -0.2) is 37.7 Å². The molecule has 0 spiro atoms. The van der Waals surface area contributed by atoms with Gasteiger partial charge >= 0.3 is 0 Å². The summed E-state index contributed by atoms with van der Waals surface area (Å²) in [4.78, 5) is 2.35. The van der Waals surface area contributed by atoms with Crippen molar-refractivity contribution in [2.75, 3.05) is 27.2 Å². The molecule has 1 saturated carbocycles.